The average molecular weight is 176 g/mol. The lowest BCUT2D eigenvalue weighted by molar-refractivity contribution is 0.767. The van der Waals surface area contributed by atoms with Gasteiger partial charge in [0.2, 0.25) is 0 Å². The Hall–Kier alpha value is 0.434. The van der Waals surface area contributed by atoms with Crippen molar-refractivity contribution in [2.75, 3.05) is 0 Å². The van der Waals surface area contributed by atoms with E-state index in [0.29, 0.717) is 10.1 Å². The first-order chi connectivity index (χ1) is 4.00. The van der Waals surface area contributed by atoms with Gasteiger partial charge in [-0.25, -0.2) is 0 Å². The molecule has 0 aliphatic carbocycles. The normalized spacial score (nSPS) is 12.6. The molecule has 10 heavy (non-hydrogen) atoms. The van der Waals surface area contributed by atoms with E-state index in [9.17, 15) is 0 Å². The lowest BCUT2D eigenvalue weighted by Crippen LogP contribution is -1.90. The first-order valence-electron chi connectivity index (χ1n) is 4.00. The second kappa shape index (κ2) is 4.34. The number of hydrogen-bond acceptors (Lipinski definition) is 0. The summed E-state index contributed by atoms with van der Waals surface area (Å²) in [6, 6.07) is 0. The molecular formula is C8H24Si2. The van der Waals surface area contributed by atoms with Crippen molar-refractivity contribution < 1.29 is 0 Å². The molecule has 0 rings (SSSR count). The lowest BCUT2D eigenvalue weighted by atomic mass is 10.3. The molecule has 0 unspecified atom stereocenters. The molecule has 0 aromatic carbocycles. The van der Waals surface area contributed by atoms with Gasteiger partial charge >= 0.3 is 0 Å². The van der Waals surface area contributed by atoms with Crippen molar-refractivity contribution in [2.45, 2.75) is 51.6 Å². The van der Waals surface area contributed by atoms with Crippen LogP contribution in [0.25, 0.3) is 0 Å². The van der Waals surface area contributed by atoms with Gasteiger partial charge in [-0.15, -0.1) is 0 Å². The molecule has 2 heteroatoms. The highest BCUT2D eigenvalue weighted by Gasteiger charge is 1.96. The van der Waals surface area contributed by atoms with E-state index in [1.54, 1.807) is 0 Å². The molecule has 0 N–H and O–H groups in total. The fraction of sp³-hybridized carbons (Fsp3) is 1.00. The monoisotopic (exact) mass is 176 g/mol. The van der Waals surface area contributed by atoms with E-state index in [0.717, 1.165) is 0 Å². The first kappa shape index (κ1) is 13.1. The first-order valence-corrected chi connectivity index (χ1v) is 6.00. The van der Waals surface area contributed by atoms with Crippen molar-refractivity contribution in [3.8, 4) is 0 Å². The molecule has 64 valence electrons. The fourth-order valence-electron chi connectivity index (χ4n) is 0. The van der Waals surface area contributed by atoms with Crippen molar-refractivity contribution in [3.05, 3.63) is 0 Å². The molecule has 0 aliphatic heterocycles. The van der Waals surface area contributed by atoms with Gasteiger partial charge in [0.25, 0.3) is 0 Å². The third kappa shape index (κ3) is 2480. The molecule has 0 radical (unpaired) electrons. The summed E-state index contributed by atoms with van der Waals surface area (Å²) < 4.78 is 0. The molecule has 0 aliphatic rings. The van der Waals surface area contributed by atoms with Gasteiger partial charge in [-0.05, 0) is 0 Å². The Kier molecular flexibility index (Phi) is 5.67. The Bertz CT molecular complexity index is 50.2. The van der Waals surface area contributed by atoms with Gasteiger partial charge in [0.1, 0.15) is 0 Å². The minimum absolute atomic E-state index is 0.639. The summed E-state index contributed by atoms with van der Waals surface area (Å²) in [7, 11) is 2.62. The van der Waals surface area contributed by atoms with Gasteiger partial charge in [-0.2, -0.15) is 0 Å². The van der Waals surface area contributed by atoms with Crippen LogP contribution in [0.2, 0.25) is 10.1 Å². The van der Waals surface area contributed by atoms with Crippen LogP contribution < -0.4 is 0 Å². The van der Waals surface area contributed by atoms with E-state index in [4.69, 9.17) is 0 Å². The number of hydrogen-bond donors (Lipinski definition) is 0. The third-order valence-corrected chi connectivity index (χ3v) is 0. The molecule has 0 atom stereocenters. The van der Waals surface area contributed by atoms with Crippen LogP contribution in [0, 0.1) is 0 Å². The van der Waals surface area contributed by atoms with Crippen LogP contribution in [0.3, 0.4) is 0 Å². The smallest absolute Gasteiger partial charge is 0.00959 e. The van der Waals surface area contributed by atoms with E-state index < -0.39 is 0 Å². The largest absolute Gasteiger partial charge is 0.0635 e. The van der Waals surface area contributed by atoms with Gasteiger partial charge in [0.05, 0.1) is 0 Å². The highest BCUT2D eigenvalue weighted by Crippen LogP contribution is 2.13. The molecule has 0 spiro atoms. The summed E-state index contributed by atoms with van der Waals surface area (Å²) >= 11 is 0. The van der Waals surface area contributed by atoms with Gasteiger partial charge in [-0.1, -0.05) is 51.6 Å². The van der Waals surface area contributed by atoms with E-state index in [-0.39, 0.29) is 0 Å². The number of rotatable bonds is 0. The summed E-state index contributed by atoms with van der Waals surface area (Å²) in [5.41, 5.74) is 0. The van der Waals surface area contributed by atoms with Crippen LogP contribution in [0.5, 0.6) is 0 Å². The molecule has 0 saturated carbocycles. The van der Waals surface area contributed by atoms with Crippen LogP contribution in [-0.2, 0) is 0 Å². The quantitative estimate of drug-likeness (QED) is 0.486. The van der Waals surface area contributed by atoms with Crippen molar-refractivity contribution in [2.24, 2.45) is 0 Å². The zero-order chi connectivity index (χ0) is 9.00. The van der Waals surface area contributed by atoms with Gasteiger partial charge < -0.3 is 0 Å². The van der Waals surface area contributed by atoms with Crippen molar-refractivity contribution in [1.82, 2.24) is 0 Å². The molecule has 0 fully saturated rings. The summed E-state index contributed by atoms with van der Waals surface area (Å²) in [6.45, 7) is 13.5. The van der Waals surface area contributed by atoms with Gasteiger partial charge in [-0.3, -0.25) is 0 Å². The molecule has 0 aromatic rings. The third-order valence-electron chi connectivity index (χ3n) is 0. The summed E-state index contributed by atoms with van der Waals surface area (Å²) in [5, 5.41) is 1.28. The van der Waals surface area contributed by atoms with Crippen LogP contribution in [-0.4, -0.2) is 20.5 Å². The van der Waals surface area contributed by atoms with Crippen molar-refractivity contribution in [3.63, 3.8) is 0 Å². The predicted octanol–water partition coefficient (Wildman–Crippen LogP) is 1.14. The summed E-state index contributed by atoms with van der Waals surface area (Å²) in [6.07, 6.45) is 0. The van der Waals surface area contributed by atoms with Crippen molar-refractivity contribution in [1.29, 1.82) is 0 Å². The van der Waals surface area contributed by atoms with Gasteiger partial charge in [0.15, 0.2) is 0 Å². The highest BCUT2D eigenvalue weighted by atomic mass is 28.1. The Morgan fingerprint density at radius 3 is 0.600 bits per heavy atom. The minimum Gasteiger partial charge on any atom is -0.0635 e. The maximum absolute atomic E-state index is 2.25. The average Bonchev–Trinajstić information content (AvgIpc) is 1.12. The molecule has 0 aromatic heterocycles. The maximum atomic E-state index is 2.25. The zero-order valence-corrected chi connectivity index (χ0v) is 13.0. The molecule has 0 heterocycles. The SMILES string of the molecule is CC(C)(C)[SiH3].CC(C)(C)[SiH3]. The Morgan fingerprint density at radius 1 is 0.600 bits per heavy atom. The standard InChI is InChI=1S/2C4H12Si/c2*1-4(2,3)5/h2*1-3,5H3. The molecule has 0 nitrogen and oxygen atoms in total. The van der Waals surface area contributed by atoms with E-state index in [2.05, 4.69) is 41.5 Å². The van der Waals surface area contributed by atoms with Crippen LogP contribution in [0.15, 0.2) is 0 Å². The fourth-order valence-corrected chi connectivity index (χ4v) is 0. The highest BCUT2D eigenvalue weighted by molar-refractivity contribution is 6.14. The van der Waals surface area contributed by atoms with Crippen LogP contribution >= 0.6 is 0 Å². The Labute approximate surface area is 72.6 Å². The molecule has 0 saturated heterocycles. The maximum Gasteiger partial charge on any atom is 0.00959 e. The summed E-state index contributed by atoms with van der Waals surface area (Å²) in [4.78, 5) is 0. The predicted molar refractivity (Wildman–Crippen MR) is 59.3 cm³/mol. The van der Waals surface area contributed by atoms with E-state index in [1.165, 1.54) is 20.5 Å². The van der Waals surface area contributed by atoms with E-state index in [1.807, 2.05) is 0 Å². The molecular weight excluding hydrogens is 152 g/mol. The Morgan fingerprint density at radius 2 is 0.600 bits per heavy atom. The molecule has 0 amide bonds. The zero-order valence-electron chi connectivity index (χ0n) is 9.00. The van der Waals surface area contributed by atoms with E-state index >= 15 is 0 Å². The van der Waals surface area contributed by atoms with Crippen molar-refractivity contribution >= 4 is 20.5 Å². The van der Waals surface area contributed by atoms with Crippen LogP contribution in [0.1, 0.15) is 41.5 Å². The van der Waals surface area contributed by atoms with Gasteiger partial charge in [0, 0.05) is 20.5 Å². The lowest BCUT2D eigenvalue weighted by Gasteiger charge is -2.05. The van der Waals surface area contributed by atoms with Crippen LogP contribution in [0.4, 0.5) is 0 Å². The minimum atomic E-state index is 0.639. The molecule has 0 bridgehead atoms. The second-order valence-corrected chi connectivity index (χ2v) is 12.0. The second-order valence-electron chi connectivity index (χ2n) is 6.00. The summed E-state index contributed by atoms with van der Waals surface area (Å²) in [5.74, 6) is 0. The Balaban J connectivity index is 0. The topological polar surface area (TPSA) is 0 Å².